The normalized spacial score (nSPS) is 19.0. The number of benzene rings is 1. The first-order valence-corrected chi connectivity index (χ1v) is 8.29. The molecule has 1 saturated heterocycles. The van der Waals surface area contributed by atoms with Crippen LogP contribution in [0.5, 0.6) is 0 Å². The summed E-state index contributed by atoms with van der Waals surface area (Å²) < 4.78 is 2.04. The number of aromatic nitrogens is 2. The number of hydrogen-bond donors (Lipinski definition) is 1. The summed E-state index contributed by atoms with van der Waals surface area (Å²) >= 11 is 0. The number of likely N-dealkylation sites (tertiary alicyclic amines) is 1. The first-order valence-electron chi connectivity index (χ1n) is 8.29. The molecule has 1 aromatic carbocycles. The highest BCUT2D eigenvalue weighted by molar-refractivity contribution is 5.80. The van der Waals surface area contributed by atoms with Gasteiger partial charge >= 0.3 is 0 Å². The van der Waals surface area contributed by atoms with Gasteiger partial charge in [-0.15, -0.1) is 0 Å². The van der Waals surface area contributed by atoms with Crippen molar-refractivity contribution in [1.29, 1.82) is 0 Å². The van der Waals surface area contributed by atoms with E-state index in [-0.39, 0.29) is 0 Å². The topological polar surface area (TPSA) is 45.5 Å². The molecule has 0 aliphatic carbocycles. The zero-order valence-electron chi connectivity index (χ0n) is 13.9. The zero-order chi connectivity index (χ0) is 16.1. The SMILES string of the molecule is CN=C(NCc1ccccc1-n1ccnc1)N1CCCC(C)C1. The Bertz CT molecular complexity index is 647. The van der Waals surface area contributed by atoms with E-state index in [9.17, 15) is 0 Å². The van der Waals surface area contributed by atoms with Crippen molar-refractivity contribution in [3.63, 3.8) is 0 Å². The van der Waals surface area contributed by atoms with Gasteiger partial charge in [0.05, 0.1) is 12.0 Å². The second-order valence-electron chi connectivity index (χ2n) is 6.19. The van der Waals surface area contributed by atoms with Gasteiger partial charge < -0.3 is 14.8 Å². The maximum atomic E-state index is 4.47. The van der Waals surface area contributed by atoms with Gasteiger partial charge in [0.2, 0.25) is 0 Å². The van der Waals surface area contributed by atoms with E-state index in [2.05, 4.69) is 51.4 Å². The Kier molecular flexibility index (Phi) is 4.95. The number of nitrogens with zero attached hydrogens (tertiary/aromatic N) is 4. The van der Waals surface area contributed by atoms with Crippen LogP contribution >= 0.6 is 0 Å². The molecule has 1 aliphatic rings. The van der Waals surface area contributed by atoms with Gasteiger partial charge in [-0.25, -0.2) is 4.98 Å². The second kappa shape index (κ2) is 7.31. The summed E-state index contributed by atoms with van der Waals surface area (Å²) in [4.78, 5) is 11.0. The van der Waals surface area contributed by atoms with Crippen molar-refractivity contribution >= 4 is 5.96 Å². The molecule has 5 heteroatoms. The third-order valence-electron chi connectivity index (χ3n) is 4.38. The Hall–Kier alpha value is -2.30. The molecule has 0 spiro atoms. The molecule has 2 aromatic rings. The maximum absolute atomic E-state index is 4.47. The highest BCUT2D eigenvalue weighted by atomic mass is 15.3. The number of para-hydroxylation sites is 1. The number of hydrogen-bond acceptors (Lipinski definition) is 2. The molecular weight excluding hydrogens is 286 g/mol. The number of nitrogens with one attached hydrogen (secondary N) is 1. The van der Waals surface area contributed by atoms with E-state index in [1.165, 1.54) is 18.4 Å². The van der Waals surface area contributed by atoms with Gasteiger partial charge in [0.1, 0.15) is 0 Å². The minimum atomic E-state index is 0.737. The van der Waals surface area contributed by atoms with Crippen molar-refractivity contribution in [3.05, 3.63) is 48.5 Å². The molecule has 1 aromatic heterocycles. The molecule has 0 radical (unpaired) electrons. The molecule has 0 amide bonds. The van der Waals surface area contributed by atoms with Gasteiger partial charge in [0.25, 0.3) is 0 Å². The van der Waals surface area contributed by atoms with E-state index in [1.54, 1.807) is 6.20 Å². The van der Waals surface area contributed by atoms with Crippen molar-refractivity contribution < 1.29 is 0 Å². The summed E-state index contributed by atoms with van der Waals surface area (Å²) in [6, 6.07) is 8.39. The Balaban J connectivity index is 1.70. The third-order valence-corrected chi connectivity index (χ3v) is 4.38. The van der Waals surface area contributed by atoms with Gasteiger partial charge in [-0.1, -0.05) is 25.1 Å². The number of piperidine rings is 1. The summed E-state index contributed by atoms with van der Waals surface area (Å²) in [6.45, 7) is 5.25. The van der Waals surface area contributed by atoms with Crippen molar-refractivity contribution in [1.82, 2.24) is 19.8 Å². The van der Waals surface area contributed by atoms with Crippen LogP contribution in [0.1, 0.15) is 25.3 Å². The Labute approximate surface area is 138 Å². The quantitative estimate of drug-likeness (QED) is 0.700. The van der Waals surface area contributed by atoms with Gasteiger partial charge in [-0.3, -0.25) is 4.99 Å². The Morgan fingerprint density at radius 3 is 3.00 bits per heavy atom. The fourth-order valence-electron chi connectivity index (χ4n) is 3.20. The summed E-state index contributed by atoms with van der Waals surface area (Å²) in [7, 11) is 1.86. The Morgan fingerprint density at radius 2 is 2.26 bits per heavy atom. The largest absolute Gasteiger partial charge is 0.352 e. The second-order valence-corrected chi connectivity index (χ2v) is 6.19. The molecule has 122 valence electrons. The molecule has 1 N–H and O–H groups in total. The lowest BCUT2D eigenvalue weighted by Crippen LogP contribution is -2.45. The van der Waals surface area contributed by atoms with Crippen LogP contribution in [0.15, 0.2) is 48.0 Å². The van der Waals surface area contributed by atoms with Crippen LogP contribution in [0.3, 0.4) is 0 Å². The fourth-order valence-corrected chi connectivity index (χ4v) is 3.20. The lowest BCUT2D eigenvalue weighted by atomic mass is 10.0. The molecular formula is C18H25N5. The van der Waals surface area contributed by atoms with E-state index in [4.69, 9.17) is 0 Å². The van der Waals surface area contributed by atoms with Crippen LogP contribution in [0, 0.1) is 5.92 Å². The molecule has 1 fully saturated rings. The van der Waals surface area contributed by atoms with Crippen molar-refractivity contribution in [3.8, 4) is 5.69 Å². The van der Waals surface area contributed by atoms with Crippen molar-refractivity contribution in [2.24, 2.45) is 10.9 Å². The number of aliphatic imine (C=N–C) groups is 1. The molecule has 0 bridgehead atoms. The zero-order valence-corrected chi connectivity index (χ0v) is 13.9. The molecule has 0 saturated carbocycles. The average molecular weight is 311 g/mol. The third kappa shape index (κ3) is 3.73. The number of guanidine groups is 1. The van der Waals surface area contributed by atoms with E-state index < -0.39 is 0 Å². The van der Waals surface area contributed by atoms with Crippen LogP contribution in [0.2, 0.25) is 0 Å². The molecule has 2 heterocycles. The smallest absolute Gasteiger partial charge is 0.193 e. The fraction of sp³-hybridized carbons (Fsp3) is 0.444. The van der Waals surface area contributed by atoms with Crippen LogP contribution in [-0.4, -0.2) is 40.5 Å². The first-order chi connectivity index (χ1) is 11.3. The number of imidazole rings is 1. The summed E-state index contributed by atoms with van der Waals surface area (Å²) in [5.41, 5.74) is 2.39. The first kappa shape index (κ1) is 15.6. The molecule has 23 heavy (non-hydrogen) atoms. The van der Waals surface area contributed by atoms with Crippen LogP contribution in [0.25, 0.3) is 5.69 Å². The highest BCUT2D eigenvalue weighted by Crippen LogP contribution is 2.17. The van der Waals surface area contributed by atoms with E-state index >= 15 is 0 Å². The summed E-state index contributed by atoms with van der Waals surface area (Å²) in [5.74, 6) is 1.73. The summed E-state index contributed by atoms with van der Waals surface area (Å²) in [5, 5.41) is 3.52. The van der Waals surface area contributed by atoms with Gasteiger partial charge in [-0.2, -0.15) is 0 Å². The molecule has 1 atom stereocenters. The lowest BCUT2D eigenvalue weighted by Gasteiger charge is -2.33. The van der Waals surface area contributed by atoms with Crippen molar-refractivity contribution in [2.45, 2.75) is 26.3 Å². The lowest BCUT2D eigenvalue weighted by molar-refractivity contribution is 0.266. The van der Waals surface area contributed by atoms with Crippen LogP contribution in [-0.2, 0) is 6.54 Å². The van der Waals surface area contributed by atoms with Crippen LogP contribution < -0.4 is 5.32 Å². The monoisotopic (exact) mass is 311 g/mol. The predicted octanol–water partition coefficient (Wildman–Crippen LogP) is 2.68. The standard InChI is InChI=1S/C18H25N5/c1-15-6-5-10-22(13-15)18(19-2)21-12-16-7-3-4-8-17(16)23-11-9-20-14-23/h3-4,7-9,11,14-15H,5-6,10,12-13H2,1-2H3,(H,19,21). The molecule has 3 rings (SSSR count). The Morgan fingerprint density at radius 1 is 1.39 bits per heavy atom. The number of rotatable bonds is 3. The van der Waals surface area contributed by atoms with Crippen LogP contribution in [0.4, 0.5) is 0 Å². The van der Waals surface area contributed by atoms with Gasteiger partial charge in [0.15, 0.2) is 5.96 Å². The van der Waals surface area contributed by atoms with Crippen molar-refractivity contribution in [2.75, 3.05) is 20.1 Å². The van der Waals surface area contributed by atoms with Gasteiger partial charge in [0, 0.05) is 39.1 Å². The molecule has 1 unspecified atom stereocenters. The summed E-state index contributed by atoms with van der Waals surface area (Å²) in [6.07, 6.45) is 8.17. The molecule has 1 aliphatic heterocycles. The highest BCUT2D eigenvalue weighted by Gasteiger charge is 2.19. The minimum Gasteiger partial charge on any atom is -0.352 e. The average Bonchev–Trinajstić information content (AvgIpc) is 3.10. The van der Waals surface area contributed by atoms with E-state index in [0.29, 0.717) is 0 Å². The van der Waals surface area contributed by atoms with E-state index in [1.807, 2.05) is 24.1 Å². The van der Waals surface area contributed by atoms with Gasteiger partial charge in [-0.05, 0) is 30.4 Å². The predicted molar refractivity (Wildman–Crippen MR) is 93.7 cm³/mol. The maximum Gasteiger partial charge on any atom is 0.193 e. The molecule has 5 nitrogen and oxygen atoms in total. The van der Waals surface area contributed by atoms with E-state index in [0.717, 1.165) is 37.2 Å². The minimum absolute atomic E-state index is 0.737.